The molecule has 0 aromatic heterocycles. The van der Waals surface area contributed by atoms with E-state index in [1.165, 1.54) is 0 Å². The highest BCUT2D eigenvalue weighted by atomic mass is 16.5. The molecule has 0 radical (unpaired) electrons. The van der Waals surface area contributed by atoms with Gasteiger partial charge in [-0.3, -0.25) is 9.69 Å². The summed E-state index contributed by atoms with van der Waals surface area (Å²) in [7, 11) is 3.31. The number of methoxy groups -OCH3 is 1. The van der Waals surface area contributed by atoms with Crippen molar-refractivity contribution in [3.8, 4) is 5.75 Å². The summed E-state index contributed by atoms with van der Waals surface area (Å²) in [5.41, 5.74) is 2.29. The third-order valence-electron chi connectivity index (χ3n) is 4.83. The van der Waals surface area contributed by atoms with Gasteiger partial charge in [0.05, 0.1) is 31.0 Å². The lowest BCUT2D eigenvalue weighted by atomic mass is 9.95. The Balaban J connectivity index is 1.80. The number of hydrogen-bond donors (Lipinski definition) is 1. The van der Waals surface area contributed by atoms with Crippen LogP contribution in [0.4, 0.5) is 4.79 Å². The molecule has 0 unspecified atom stereocenters. The molecule has 4 rings (SSSR count). The number of para-hydroxylation sites is 1. The van der Waals surface area contributed by atoms with Crippen LogP contribution in [0.25, 0.3) is 0 Å². The summed E-state index contributed by atoms with van der Waals surface area (Å²) >= 11 is 0. The Morgan fingerprint density at radius 2 is 1.96 bits per heavy atom. The van der Waals surface area contributed by atoms with Gasteiger partial charge in [-0.05, 0) is 18.9 Å². The molecule has 1 N–H and O–H groups in total. The van der Waals surface area contributed by atoms with E-state index >= 15 is 0 Å². The van der Waals surface area contributed by atoms with Crippen molar-refractivity contribution in [2.75, 3.05) is 20.7 Å². The molecule has 1 aliphatic carbocycles. The first-order chi connectivity index (χ1) is 11.1. The molecule has 0 spiro atoms. The van der Waals surface area contributed by atoms with Gasteiger partial charge in [-0.25, -0.2) is 4.79 Å². The largest absolute Gasteiger partial charge is 0.496 e. The molecule has 3 amide bonds. The quantitative estimate of drug-likeness (QED) is 0.923. The Labute approximate surface area is 134 Å². The maximum absolute atomic E-state index is 12.9. The summed E-state index contributed by atoms with van der Waals surface area (Å²) in [4.78, 5) is 28.7. The van der Waals surface area contributed by atoms with E-state index < -0.39 is 6.04 Å². The van der Waals surface area contributed by atoms with Crippen LogP contribution in [0.2, 0.25) is 0 Å². The number of benzene rings is 1. The first-order valence-corrected chi connectivity index (χ1v) is 7.83. The SMILES string of the molecule is COc1ccccc1[C@H]1NC(=O)N(C)C2=C1C(=O)N(C1CC1)C2. The standard InChI is InChI=1S/C17H19N3O3/c1-19-12-9-20(10-7-8-10)16(21)14(12)15(18-17(19)22)11-5-3-4-6-13(11)23-2/h3-6,10,15H,7-9H2,1-2H3,(H,18,22)/t15-/m1/s1. The monoisotopic (exact) mass is 313 g/mol. The second kappa shape index (κ2) is 5.01. The molecule has 23 heavy (non-hydrogen) atoms. The topological polar surface area (TPSA) is 61.9 Å². The van der Waals surface area contributed by atoms with E-state index in [-0.39, 0.29) is 11.9 Å². The zero-order chi connectivity index (χ0) is 16.1. The Bertz CT molecular complexity index is 724. The lowest BCUT2D eigenvalue weighted by Gasteiger charge is -2.31. The lowest BCUT2D eigenvalue weighted by Crippen LogP contribution is -2.45. The van der Waals surface area contributed by atoms with Crippen molar-refractivity contribution < 1.29 is 14.3 Å². The van der Waals surface area contributed by atoms with Crippen molar-refractivity contribution >= 4 is 11.9 Å². The number of amides is 3. The van der Waals surface area contributed by atoms with E-state index in [9.17, 15) is 9.59 Å². The molecular weight excluding hydrogens is 294 g/mol. The van der Waals surface area contributed by atoms with Gasteiger partial charge in [0.25, 0.3) is 5.91 Å². The van der Waals surface area contributed by atoms with Gasteiger partial charge < -0.3 is 15.0 Å². The van der Waals surface area contributed by atoms with Gasteiger partial charge in [-0.2, -0.15) is 0 Å². The molecule has 0 saturated heterocycles. The highest BCUT2D eigenvalue weighted by Gasteiger charge is 2.47. The molecule has 1 atom stereocenters. The minimum absolute atomic E-state index is 0.0326. The highest BCUT2D eigenvalue weighted by Crippen LogP contribution is 2.41. The van der Waals surface area contributed by atoms with Crippen LogP contribution in [0.3, 0.4) is 0 Å². The van der Waals surface area contributed by atoms with Gasteiger partial charge in [-0.1, -0.05) is 18.2 Å². The fraction of sp³-hybridized carbons (Fsp3) is 0.412. The van der Waals surface area contributed by atoms with Crippen molar-refractivity contribution in [1.82, 2.24) is 15.1 Å². The molecule has 1 fully saturated rings. The maximum atomic E-state index is 12.9. The second-order valence-corrected chi connectivity index (χ2v) is 6.21. The van der Waals surface area contributed by atoms with Gasteiger partial charge in [-0.15, -0.1) is 0 Å². The number of carbonyl (C=O) groups is 2. The van der Waals surface area contributed by atoms with E-state index in [2.05, 4.69) is 5.32 Å². The maximum Gasteiger partial charge on any atom is 0.322 e. The smallest absolute Gasteiger partial charge is 0.322 e. The first kappa shape index (κ1) is 14.1. The average Bonchev–Trinajstić information content (AvgIpc) is 3.35. The summed E-state index contributed by atoms with van der Waals surface area (Å²) < 4.78 is 5.42. The van der Waals surface area contributed by atoms with E-state index in [0.717, 1.165) is 24.1 Å². The van der Waals surface area contributed by atoms with Crippen molar-refractivity contribution in [1.29, 1.82) is 0 Å². The zero-order valence-electron chi connectivity index (χ0n) is 13.2. The molecular formula is C17H19N3O3. The zero-order valence-corrected chi connectivity index (χ0v) is 13.2. The number of urea groups is 1. The van der Waals surface area contributed by atoms with Crippen molar-refractivity contribution in [3.05, 3.63) is 41.1 Å². The molecule has 1 aromatic rings. The van der Waals surface area contributed by atoms with Gasteiger partial charge in [0.15, 0.2) is 0 Å². The van der Waals surface area contributed by atoms with Crippen LogP contribution in [-0.2, 0) is 4.79 Å². The first-order valence-electron chi connectivity index (χ1n) is 7.83. The number of carbonyl (C=O) groups excluding carboxylic acids is 2. The minimum Gasteiger partial charge on any atom is -0.496 e. The number of nitrogens with zero attached hydrogens (tertiary/aromatic N) is 2. The van der Waals surface area contributed by atoms with E-state index in [1.54, 1.807) is 19.1 Å². The van der Waals surface area contributed by atoms with Crippen molar-refractivity contribution in [2.24, 2.45) is 0 Å². The second-order valence-electron chi connectivity index (χ2n) is 6.21. The highest BCUT2D eigenvalue weighted by molar-refractivity contribution is 6.01. The number of likely N-dealkylation sites (N-methyl/N-ethyl adjacent to an activating group) is 1. The van der Waals surface area contributed by atoms with Crippen LogP contribution in [0, 0.1) is 0 Å². The van der Waals surface area contributed by atoms with Gasteiger partial charge in [0, 0.05) is 18.7 Å². The van der Waals surface area contributed by atoms with Crippen LogP contribution in [-0.4, -0.2) is 48.5 Å². The lowest BCUT2D eigenvalue weighted by molar-refractivity contribution is -0.126. The van der Waals surface area contributed by atoms with E-state index in [1.807, 2.05) is 29.2 Å². The summed E-state index contributed by atoms with van der Waals surface area (Å²) in [6, 6.07) is 7.19. The van der Waals surface area contributed by atoms with Crippen LogP contribution in [0.1, 0.15) is 24.4 Å². The summed E-state index contributed by atoms with van der Waals surface area (Å²) in [5, 5.41) is 2.94. The number of ether oxygens (including phenoxy) is 1. The van der Waals surface area contributed by atoms with Crippen molar-refractivity contribution in [2.45, 2.75) is 24.9 Å². The van der Waals surface area contributed by atoms with Gasteiger partial charge >= 0.3 is 6.03 Å². The fourth-order valence-corrected chi connectivity index (χ4v) is 3.41. The Hall–Kier alpha value is -2.50. The minimum atomic E-state index is -0.457. The molecule has 6 nitrogen and oxygen atoms in total. The number of hydrogen-bond acceptors (Lipinski definition) is 3. The molecule has 2 aliphatic heterocycles. The fourth-order valence-electron chi connectivity index (χ4n) is 3.41. The third-order valence-corrected chi connectivity index (χ3v) is 4.83. The van der Waals surface area contributed by atoms with Crippen LogP contribution < -0.4 is 10.1 Å². The molecule has 1 aromatic carbocycles. The van der Waals surface area contributed by atoms with E-state index in [4.69, 9.17) is 4.74 Å². The molecule has 1 saturated carbocycles. The summed E-state index contributed by atoms with van der Waals surface area (Å²) in [5.74, 6) is 0.706. The van der Waals surface area contributed by atoms with Crippen LogP contribution in [0.5, 0.6) is 5.75 Å². The Morgan fingerprint density at radius 1 is 1.22 bits per heavy atom. The average molecular weight is 313 g/mol. The Morgan fingerprint density at radius 3 is 2.65 bits per heavy atom. The number of rotatable bonds is 3. The molecule has 0 bridgehead atoms. The predicted octanol–water partition coefficient (Wildman–Crippen LogP) is 1.65. The summed E-state index contributed by atoms with van der Waals surface area (Å²) in [6.45, 7) is 0.522. The normalized spacial score (nSPS) is 24.0. The van der Waals surface area contributed by atoms with Crippen LogP contribution >= 0.6 is 0 Å². The third kappa shape index (κ3) is 2.09. The van der Waals surface area contributed by atoms with Gasteiger partial charge in [0.2, 0.25) is 0 Å². The molecule has 120 valence electrons. The van der Waals surface area contributed by atoms with Gasteiger partial charge in [0.1, 0.15) is 5.75 Å². The predicted molar refractivity (Wildman–Crippen MR) is 83.8 cm³/mol. The summed E-state index contributed by atoms with van der Waals surface area (Å²) in [6.07, 6.45) is 2.10. The number of nitrogens with one attached hydrogen (secondary N) is 1. The molecule has 6 heteroatoms. The molecule has 3 aliphatic rings. The van der Waals surface area contributed by atoms with Crippen molar-refractivity contribution in [3.63, 3.8) is 0 Å². The van der Waals surface area contributed by atoms with E-state index in [0.29, 0.717) is 23.9 Å². The van der Waals surface area contributed by atoms with Crippen LogP contribution in [0.15, 0.2) is 35.5 Å². The molecule has 2 heterocycles. The Kier molecular flexibility index (Phi) is 3.07.